The van der Waals surface area contributed by atoms with E-state index in [4.69, 9.17) is 11.6 Å². The van der Waals surface area contributed by atoms with Gasteiger partial charge in [0, 0.05) is 35.9 Å². The highest BCUT2D eigenvalue weighted by atomic mass is 35.5. The van der Waals surface area contributed by atoms with Gasteiger partial charge in [0.1, 0.15) is 0 Å². The van der Waals surface area contributed by atoms with Crippen molar-refractivity contribution in [1.29, 1.82) is 0 Å². The lowest BCUT2D eigenvalue weighted by Crippen LogP contribution is -2.46. The van der Waals surface area contributed by atoms with Crippen LogP contribution in [0, 0.1) is 5.92 Å². The van der Waals surface area contributed by atoms with Gasteiger partial charge in [-0.15, -0.1) is 11.3 Å². The molecule has 3 atom stereocenters. The highest BCUT2D eigenvalue weighted by molar-refractivity contribution is 7.17. The molecule has 2 saturated heterocycles. The number of halogens is 1. The maximum Gasteiger partial charge on any atom is 0.280 e. The van der Waals surface area contributed by atoms with Gasteiger partial charge >= 0.3 is 0 Å². The Hall–Kier alpha value is -1.43. The van der Waals surface area contributed by atoms with Gasteiger partial charge in [0.05, 0.1) is 4.88 Å². The van der Waals surface area contributed by atoms with E-state index >= 15 is 0 Å². The van der Waals surface area contributed by atoms with Gasteiger partial charge in [-0.3, -0.25) is 4.79 Å². The number of nitrogens with one attached hydrogen (secondary N) is 1. The summed E-state index contributed by atoms with van der Waals surface area (Å²) in [4.78, 5) is 20.1. The summed E-state index contributed by atoms with van der Waals surface area (Å²) >= 11 is 7.61. The molecule has 0 radical (unpaired) electrons. The van der Waals surface area contributed by atoms with Crippen LogP contribution in [0.1, 0.15) is 22.6 Å². The number of aromatic nitrogens is 1. The van der Waals surface area contributed by atoms with Crippen LogP contribution >= 0.6 is 22.9 Å². The predicted octanol–water partition coefficient (Wildman–Crippen LogP) is 3.29. The minimum Gasteiger partial charge on any atom is -0.346 e. The molecule has 120 valence electrons. The number of rotatable bonds is 3. The number of carbonyl (C=O) groups is 1. The van der Waals surface area contributed by atoms with Crippen molar-refractivity contribution in [2.75, 3.05) is 19.6 Å². The maximum absolute atomic E-state index is 12.5. The summed E-state index contributed by atoms with van der Waals surface area (Å²) in [5.41, 5.74) is 0.924. The second kappa shape index (κ2) is 6.23. The Balaban J connectivity index is 1.46. The fourth-order valence-electron chi connectivity index (χ4n) is 3.58. The molecule has 2 bridgehead atoms. The number of carbonyl (C=O) groups excluding carboxylic acids is 1. The summed E-state index contributed by atoms with van der Waals surface area (Å²) in [7, 11) is 0. The molecule has 4 rings (SSSR count). The van der Waals surface area contributed by atoms with Gasteiger partial charge in [0.25, 0.3) is 5.91 Å². The molecule has 4 nitrogen and oxygen atoms in total. The standard InChI is InChI=1S/C17H18ClN3OS/c18-14-4-2-1-3-13(14)15-8-19-17(23-15)16(22)20-12-7-11-5-6-21(9-11)10-12/h1-4,8,11-12H,5-7,9-10H2,(H,20,22)/t11-,12-/m1/s1. The van der Waals surface area contributed by atoms with E-state index in [2.05, 4.69) is 15.2 Å². The summed E-state index contributed by atoms with van der Waals surface area (Å²) in [6, 6.07) is 7.88. The number of amides is 1. The largest absolute Gasteiger partial charge is 0.346 e. The first-order chi connectivity index (χ1) is 11.2. The van der Waals surface area contributed by atoms with Crippen molar-refractivity contribution in [2.45, 2.75) is 18.9 Å². The average molecular weight is 348 g/mol. The van der Waals surface area contributed by atoms with E-state index in [1.165, 1.54) is 30.8 Å². The van der Waals surface area contributed by atoms with E-state index < -0.39 is 0 Å². The quantitative estimate of drug-likeness (QED) is 0.926. The van der Waals surface area contributed by atoms with Gasteiger partial charge in [-0.05, 0) is 31.4 Å². The summed E-state index contributed by atoms with van der Waals surface area (Å²) in [6.07, 6.45) is 4.08. The molecule has 1 N–H and O–H groups in total. The van der Waals surface area contributed by atoms with E-state index in [0.29, 0.717) is 10.0 Å². The van der Waals surface area contributed by atoms with Crippen LogP contribution in [0.15, 0.2) is 30.5 Å². The molecule has 0 saturated carbocycles. The fraction of sp³-hybridized carbons (Fsp3) is 0.412. The first kappa shape index (κ1) is 15.1. The normalized spacial score (nSPS) is 26.2. The molecule has 0 aliphatic carbocycles. The van der Waals surface area contributed by atoms with E-state index in [-0.39, 0.29) is 11.9 Å². The van der Waals surface area contributed by atoms with Crippen LogP contribution in [0.4, 0.5) is 0 Å². The second-order valence-corrected chi connectivity index (χ2v) is 7.77. The lowest BCUT2D eigenvalue weighted by atomic mass is 9.97. The van der Waals surface area contributed by atoms with Crippen molar-refractivity contribution in [3.63, 3.8) is 0 Å². The van der Waals surface area contributed by atoms with Crippen molar-refractivity contribution < 1.29 is 4.79 Å². The van der Waals surface area contributed by atoms with Crippen LogP contribution in [-0.4, -0.2) is 41.5 Å². The Morgan fingerprint density at radius 3 is 3.04 bits per heavy atom. The molecule has 1 aromatic carbocycles. The Labute approximate surface area is 144 Å². The maximum atomic E-state index is 12.5. The minimum atomic E-state index is -0.0687. The van der Waals surface area contributed by atoms with Gasteiger partial charge < -0.3 is 10.2 Å². The predicted molar refractivity (Wildman–Crippen MR) is 93.0 cm³/mol. The third-order valence-electron chi connectivity index (χ3n) is 4.64. The fourth-order valence-corrected chi connectivity index (χ4v) is 4.73. The summed E-state index contributed by atoms with van der Waals surface area (Å²) in [5, 5.41) is 4.34. The van der Waals surface area contributed by atoms with E-state index in [9.17, 15) is 4.79 Å². The smallest absolute Gasteiger partial charge is 0.280 e. The number of thiazole rings is 1. The zero-order valence-corrected chi connectivity index (χ0v) is 14.2. The number of hydrogen-bond acceptors (Lipinski definition) is 4. The molecule has 2 aromatic rings. The third-order valence-corrected chi connectivity index (χ3v) is 6.00. The number of hydrogen-bond donors (Lipinski definition) is 1. The molecule has 6 heteroatoms. The summed E-state index contributed by atoms with van der Waals surface area (Å²) in [5.74, 6) is 0.671. The average Bonchev–Trinajstić information content (AvgIpc) is 3.15. The van der Waals surface area contributed by atoms with Crippen molar-refractivity contribution in [3.8, 4) is 10.4 Å². The number of nitrogens with zero attached hydrogens (tertiary/aromatic N) is 2. The number of fused-ring (bicyclic) bond motifs is 2. The van der Waals surface area contributed by atoms with E-state index in [0.717, 1.165) is 29.3 Å². The lowest BCUT2D eigenvalue weighted by Gasteiger charge is -2.30. The van der Waals surface area contributed by atoms with Crippen molar-refractivity contribution >= 4 is 28.8 Å². The van der Waals surface area contributed by atoms with Crippen molar-refractivity contribution in [3.05, 3.63) is 40.5 Å². The van der Waals surface area contributed by atoms with Crippen LogP contribution in [0.25, 0.3) is 10.4 Å². The lowest BCUT2D eigenvalue weighted by molar-refractivity contribution is 0.0909. The molecule has 2 aliphatic heterocycles. The highest BCUT2D eigenvalue weighted by Gasteiger charge is 2.33. The Morgan fingerprint density at radius 1 is 1.35 bits per heavy atom. The second-order valence-electron chi connectivity index (χ2n) is 6.33. The molecule has 2 aliphatic rings. The monoisotopic (exact) mass is 347 g/mol. The molecule has 2 fully saturated rings. The number of benzene rings is 1. The van der Waals surface area contributed by atoms with Gasteiger partial charge in [-0.1, -0.05) is 29.8 Å². The van der Waals surface area contributed by atoms with Gasteiger partial charge in [0.2, 0.25) is 0 Å². The zero-order valence-electron chi connectivity index (χ0n) is 12.7. The summed E-state index contributed by atoms with van der Waals surface area (Å²) < 4.78 is 0. The SMILES string of the molecule is O=C(N[C@@H]1C[C@H]2CCN(C2)C1)c1ncc(-c2ccccc2Cl)s1. The molecule has 0 spiro atoms. The Bertz CT molecular complexity index is 720. The molecule has 1 unspecified atom stereocenters. The topological polar surface area (TPSA) is 45.2 Å². The van der Waals surface area contributed by atoms with Crippen LogP contribution in [-0.2, 0) is 0 Å². The van der Waals surface area contributed by atoms with E-state index in [1.54, 1.807) is 6.20 Å². The Kier molecular flexibility index (Phi) is 4.09. The molecule has 1 aromatic heterocycles. The molecular formula is C17H18ClN3OS. The molecule has 1 amide bonds. The van der Waals surface area contributed by atoms with Crippen molar-refractivity contribution in [1.82, 2.24) is 15.2 Å². The van der Waals surface area contributed by atoms with Crippen LogP contribution in [0.3, 0.4) is 0 Å². The summed E-state index contributed by atoms with van der Waals surface area (Å²) in [6.45, 7) is 3.33. The molecule has 3 heterocycles. The van der Waals surface area contributed by atoms with E-state index in [1.807, 2.05) is 24.3 Å². The first-order valence-electron chi connectivity index (χ1n) is 7.93. The van der Waals surface area contributed by atoms with Gasteiger partial charge in [-0.2, -0.15) is 0 Å². The van der Waals surface area contributed by atoms with Crippen LogP contribution in [0.2, 0.25) is 5.02 Å². The molecule has 23 heavy (non-hydrogen) atoms. The van der Waals surface area contributed by atoms with Gasteiger partial charge in [-0.25, -0.2) is 4.98 Å². The Morgan fingerprint density at radius 2 is 2.22 bits per heavy atom. The van der Waals surface area contributed by atoms with Crippen LogP contribution < -0.4 is 5.32 Å². The zero-order chi connectivity index (χ0) is 15.8. The van der Waals surface area contributed by atoms with Gasteiger partial charge in [0.15, 0.2) is 5.01 Å². The van der Waals surface area contributed by atoms with Crippen LogP contribution in [0.5, 0.6) is 0 Å². The minimum absolute atomic E-state index is 0.0687. The first-order valence-corrected chi connectivity index (χ1v) is 9.12. The highest BCUT2D eigenvalue weighted by Crippen LogP contribution is 2.32. The third kappa shape index (κ3) is 3.13. The van der Waals surface area contributed by atoms with Crippen molar-refractivity contribution in [2.24, 2.45) is 5.92 Å². The molecular weight excluding hydrogens is 330 g/mol. The number of piperidine rings is 1.